The fraction of sp³-hybridized carbons (Fsp3) is 0.200. The highest BCUT2D eigenvalue weighted by atomic mass is 35.5. The number of carbonyl (C=O) groups excluding carboxylic acids is 1. The fourth-order valence-corrected chi connectivity index (χ4v) is 5.60. The van der Waals surface area contributed by atoms with Crippen molar-refractivity contribution in [1.82, 2.24) is 9.71 Å². The van der Waals surface area contributed by atoms with Gasteiger partial charge in [0.2, 0.25) is 10.0 Å². The van der Waals surface area contributed by atoms with Gasteiger partial charge < -0.3 is 5.32 Å². The summed E-state index contributed by atoms with van der Waals surface area (Å²) in [5.41, 5.74) is 2.37. The number of aromatic nitrogens is 1. The van der Waals surface area contributed by atoms with Crippen molar-refractivity contribution in [3.05, 3.63) is 62.4 Å². The van der Waals surface area contributed by atoms with E-state index in [-0.39, 0.29) is 26.5 Å². The standard InChI is InChI=1S/C20H17Cl2N3O3S2/c1-11-23-18(10-29-11)12-2-4-13(5-3-12)24-20(26)15-8-19(17(22)9-16(15)21)30(27,28)25-14-6-7-14/h2-5,8-10,14,25H,6-7H2,1H3,(H,24,26). The van der Waals surface area contributed by atoms with Crippen molar-refractivity contribution >= 4 is 56.2 Å². The van der Waals surface area contributed by atoms with Crippen LogP contribution in [0.1, 0.15) is 28.2 Å². The van der Waals surface area contributed by atoms with Crippen LogP contribution in [0.2, 0.25) is 10.0 Å². The van der Waals surface area contributed by atoms with E-state index in [0.29, 0.717) is 5.69 Å². The molecule has 4 rings (SSSR count). The summed E-state index contributed by atoms with van der Waals surface area (Å²) < 4.78 is 27.6. The molecule has 6 nitrogen and oxygen atoms in total. The molecule has 2 aromatic carbocycles. The Morgan fingerprint density at radius 2 is 1.83 bits per heavy atom. The molecule has 1 amide bonds. The van der Waals surface area contributed by atoms with Crippen molar-refractivity contribution in [3.8, 4) is 11.3 Å². The molecule has 1 heterocycles. The Morgan fingerprint density at radius 3 is 2.43 bits per heavy atom. The molecule has 30 heavy (non-hydrogen) atoms. The average Bonchev–Trinajstić information content (AvgIpc) is 3.38. The predicted molar refractivity (Wildman–Crippen MR) is 120 cm³/mol. The molecular formula is C20H17Cl2N3O3S2. The number of benzene rings is 2. The Morgan fingerprint density at radius 1 is 1.13 bits per heavy atom. The average molecular weight is 482 g/mol. The second-order valence-corrected chi connectivity index (χ2v) is 10.5. The number of rotatable bonds is 6. The molecule has 0 radical (unpaired) electrons. The first-order valence-corrected chi connectivity index (χ1v) is 12.2. The van der Waals surface area contributed by atoms with E-state index in [1.807, 2.05) is 24.4 Å². The number of nitrogens with one attached hydrogen (secondary N) is 2. The van der Waals surface area contributed by atoms with Crippen molar-refractivity contribution in [2.45, 2.75) is 30.7 Å². The number of sulfonamides is 1. The Bertz CT molecular complexity index is 1220. The number of amides is 1. The highest BCUT2D eigenvalue weighted by molar-refractivity contribution is 7.89. The minimum Gasteiger partial charge on any atom is -0.322 e. The first-order chi connectivity index (χ1) is 14.2. The quantitative estimate of drug-likeness (QED) is 0.511. The molecular weight excluding hydrogens is 465 g/mol. The monoisotopic (exact) mass is 481 g/mol. The van der Waals surface area contributed by atoms with E-state index in [0.717, 1.165) is 29.1 Å². The molecule has 1 aliphatic carbocycles. The van der Waals surface area contributed by atoms with Crippen LogP contribution >= 0.6 is 34.5 Å². The Balaban J connectivity index is 1.56. The Kier molecular flexibility index (Phi) is 5.87. The van der Waals surface area contributed by atoms with Gasteiger partial charge in [-0.2, -0.15) is 0 Å². The molecule has 1 aliphatic rings. The van der Waals surface area contributed by atoms with E-state index in [4.69, 9.17) is 23.2 Å². The molecule has 1 saturated carbocycles. The number of anilines is 1. The second kappa shape index (κ2) is 8.28. The van der Waals surface area contributed by atoms with Gasteiger partial charge in [-0.25, -0.2) is 18.1 Å². The maximum absolute atomic E-state index is 12.8. The molecule has 156 valence electrons. The van der Waals surface area contributed by atoms with Crippen LogP contribution in [0.25, 0.3) is 11.3 Å². The van der Waals surface area contributed by atoms with E-state index in [2.05, 4.69) is 15.0 Å². The summed E-state index contributed by atoms with van der Waals surface area (Å²) >= 11 is 13.8. The van der Waals surface area contributed by atoms with E-state index < -0.39 is 15.9 Å². The summed E-state index contributed by atoms with van der Waals surface area (Å²) in [5, 5.41) is 5.71. The van der Waals surface area contributed by atoms with Crippen molar-refractivity contribution in [2.24, 2.45) is 0 Å². The van der Waals surface area contributed by atoms with Crippen molar-refractivity contribution < 1.29 is 13.2 Å². The van der Waals surface area contributed by atoms with Crippen LogP contribution in [-0.4, -0.2) is 25.4 Å². The zero-order valence-corrected chi connectivity index (χ0v) is 18.9. The van der Waals surface area contributed by atoms with Gasteiger partial charge in [0.05, 0.1) is 26.3 Å². The van der Waals surface area contributed by atoms with Gasteiger partial charge in [-0.3, -0.25) is 4.79 Å². The normalized spacial score (nSPS) is 14.0. The molecule has 1 fully saturated rings. The molecule has 1 aromatic heterocycles. The van der Waals surface area contributed by atoms with Gasteiger partial charge in [0.15, 0.2) is 0 Å². The number of nitrogens with zero attached hydrogens (tertiary/aromatic N) is 1. The van der Waals surface area contributed by atoms with Crippen molar-refractivity contribution in [2.75, 3.05) is 5.32 Å². The van der Waals surface area contributed by atoms with Crippen molar-refractivity contribution in [1.29, 1.82) is 0 Å². The van der Waals surface area contributed by atoms with Crippen LogP contribution < -0.4 is 10.0 Å². The third-order valence-electron chi connectivity index (χ3n) is 4.51. The van der Waals surface area contributed by atoms with Crippen LogP contribution in [0.3, 0.4) is 0 Å². The molecule has 0 aliphatic heterocycles. The number of carbonyl (C=O) groups is 1. The van der Waals surface area contributed by atoms with E-state index >= 15 is 0 Å². The minimum atomic E-state index is -3.83. The summed E-state index contributed by atoms with van der Waals surface area (Å²) in [7, 11) is -3.83. The number of aryl methyl sites for hydroxylation is 1. The van der Waals surface area contributed by atoms with E-state index in [1.54, 1.807) is 23.5 Å². The minimum absolute atomic E-state index is 0.0245. The van der Waals surface area contributed by atoms with Gasteiger partial charge in [-0.15, -0.1) is 11.3 Å². The number of halogens is 2. The number of hydrogen-bond acceptors (Lipinski definition) is 5. The molecule has 3 aromatic rings. The summed E-state index contributed by atoms with van der Waals surface area (Å²) in [6.07, 6.45) is 1.57. The predicted octanol–water partition coefficient (Wildman–Crippen LogP) is 5.12. The molecule has 10 heteroatoms. The highest BCUT2D eigenvalue weighted by Crippen LogP contribution is 2.31. The van der Waals surface area contributed by atoms with Gasteiger partial charge >= 0.3 is 0 Å². The lowest BCUT2D eigenvalue weighted by molar-refractivity contribution is 0.102. The SMILES string of the molecule is Cc1nc(-c2ccc(NC(=O)c3cc(S(=O)(=O)NC4CC4)c(Cl)cc3Cl)cc2)cs1. The van der Waals surface area contributed by atoms with Gasteiger partial charge in [0.25, 0.3) is 5.91 Å². The van der Waals surface area contributed by atoms with E-state index in [1.165, 1.54) is 12.1 Å². The molecule has 0 saturated heterocycles. The van der Waals surface area contributed by atoms with Gasteiger partial charge in [0.1, 0.15) is 4.90 Å². The largest absolute Gasteiger partial charge is 0.322 e. The zero-order valence-electron chi connectivity index (χ0n) is 15.8. The zero-order chi connectivity index (χ0) is 21.5. The van der Waals surface area contributed by atoms with Gasteiger partial charge in [-0.1, -0.05) is 35.3 Å². The lowest BCUT2D eigenvalue weighted by Crippen LogP contribution is -2.26. The lowest BCUT2D eigenvalue weighted by Gasteiger charge is -2.12. The lowest BCUT2D eigenvalue weighted by atomic mass is 10.1. The molecule has 0 unspecified atom stereocenters. The third-order valence-corrected chi connectivity index (χ3v) is 7.58. The number of thiazole rings is 1. The van der Waals surface area contributed by atoms with E-state index in [9.17, 15) is 13.2 Å². The van der Waals surface area contributed by atoms with Crippen LogP contribution in [-0.2, 0) is 10.0 Å². The Hall–Kier alpha value is -1.97. The fourth-order valence-electron chi connectivity index (χ4n) is 2.81. The third kappa shape index (κ3) is 4.68. The first-order valence-electron chi connectivity index (χ1n) is 9.08. The van der Waals surface area contributed by atoms with Crippen molar-refractivity contribution in [3.63, 3.8) is 0 Å². The second-order valence-electron chi connectivity index (χ2n) is 6.94. The van der Waals surface area contributed by atoms with Gasteiger partial charge in [-0.05, 0) is 44.0 Å². The Labute approximate surface area is 188 Å². The number of hydrogen-bond donors (Lipinski definition) is 2. The maximum Gasteiger partial charge on any atom is 0.257 e. The molecule has 0 spiro atoms. The summed E-state index contributed by atoms with van der Waals surface area (Å²) in [6.45, 7) is 1.94. The molecule has 2 N–H and O–H groups in total. The first kappa shape index (κ1) is 21.3. The molecule has 0 atom stereocenters. The van der Waals surface area contributed by atoms with Crippen LogP contribution in [0.15, 0.2) is 46.7 Å². The summed E-state index contributed by atoms with van der Waals surface area (Å²) in [5.74, 6) is -0.531. The highest BCUT2D eigenvalue weighted by Gasteiger charge is 2.30. The smallest absolute Gasteiger partial charge is 0.257 e. The van der Waals surface area contributed by atoms with Crippen LogP contribution in [0.4, 0.5) is 5.69 Å². The summed E-state index contributed by atoms with van der Waals surface area (Å²) in [6, 6.07) is 9.59. The van der Waals surface area contributed by atoms with Crippen LogP contribution in [0.5, 0.6) is 0 Å². The molecule has 0 bridgehead atoms. The topological polar surface area (TPSA) is 88.2 Å². The van der Waals surface area contributed by atoms with Crippen LogP contribution in [0, 0.1) is 6.92 Å². The summed E-state index contributed by atoms with van der Waals surface area (Å²) in [4.78, 5) is 17.0. The van der Waals surface area contributed by atoms with Gasteiger partial charge in [0, 0.05) is 22.7 Å². The maximum atomic E-state index is 12.8.